The van der Waals surface area contributed by atoms with Crippen LogP contribution in [0.4, 0.5) is 4.39 Å². The number of amides is 1. The lowest BCUT2D eigenvalue weighted by atomic mass is 10.00. The number of piperidine rings is 1. The standard InChI is InChI=1S/C26H27FN6O2/c1-16-21(9-5-17(12-28)24(16)27)22-14-30-33(26(22)35)23-10-6-18(13-29-23)25(34)32-11-3-4-20(15-32)31(2)19-7-8-19/h5-6,9-10,13-14,19-20,35H,3-4,7-8,11,15H2,1-2H3/t20-/m1/s1. The Morgan fingerprint density at radius 3 is 2.66 bits per heavy atom. The maximum atomic E-state index is 14.4. The Labute approximate surface area is 203 Å². The minimum Gasteiger partial charge on any atom is -0.493 e. The molecule has 1 saturated carbocycles. The first-order valence-corrected chi connectivity index (χ1v) is 11.8. The molecule has 0 radical (unpaired) electrons. The van der Waals surface area contributed by atoms with Crippen LogP contribution in [0.1, 0.15) is 47.2 Å². The van der Waals surface area contributed by atoms with Crippen molar-refractivity contribution in [3.63, 3.8) is 0 Å². The highest BCUT2D eigenvalue weighted by Gasteiger charge is 2.34. The molecule has 3 heterocycles. The van der Waals surface area contributed by atoms with Gasteiger partial charge in [-0.25, -0.2) is 9.37 Å². The van der Waals surface area contributed by atoms with E-state index in [0.29, 0.717) is 34.6 Å². The van der Waals surface area contributed by atoms with Gasteiger partial charge in [-0.15, -0.1) is 0 Å². The van der Waals surface area contributed by atoms with Crippen molar-refractivity contribution in [2.45, 2.75) is 44.7 Å². The zero-order valence-corrected chi connectivity index (χ0v) is 19.8. The summed E-state index contributed by atoms with van der Waals surface area (Å²) >= 11 is 0. The fourth-order valence-corrected chi connectivity index (χ4v) is 4.83. The van der Waals surface area contributed by atoms with Crippen LogP contribution in [0.25, 0.3) is 16.9 Å². The molecule has 2 fully saturated rings. The Balaban J connectivity index is 1.34. The zero-order valence-electron chi connectivity index (χ0n) is 19.8. The molecule has 180 valence electrons. The van der Waals surface area contributed by atoms with Crippen molar-refractivity contribution in [2.24, 2.45) is 0 Å². The number of aromatic hydroxyl groups is 1. The highest BCUT2D eigenvalue weighted by Crippen LogP contribution is 2.34. The number of aromatic nitrogens is 3. The Morgan fingerprint density at radius 1 is 1.17 bits per heavy atom. The minimum absolute atomic E-state index is 0.0491. The first-order chi connectivity index (χ1) is 16.9. The molecule has 0 bridgehead atoms. The number of halogens is 1. The van der Waals surface area contributed by atoms with Crippen LogP contribution in [0.3, 0.4) is 0 Å². The van der Waals surface area contributed by atoms with E-state index in [2.05, 4.69) is 22.0 Å². The molecular weight excluding hydrogens is 447 g/mol. The predicted octanol–water partition coefficient (Wildman–Crippen LogP) is 3.66. The van der Waals surface area contributed by atoms with Gasteiger partial charge in [-0.3, -0.25) is 9.69 Å². The lowest BCUT2D eigenvalue weighted by Gasteiger charge is -2.37. The van der Waals surface area contributed by atoms with Crippen molar-refractivity contribution in [3.8, 4) is 28.9 Å². The van der Waals surface area contributed by atoms with Crippen LogP contribution < -0.4 is 0 Å². The number of carbonyl (C=O) groups excluding carboxylic acids is 1. The smallest absolute Gasteiger partial charge is 0.255 e. The second-order valence-electron chi connectivity index (χ2n) is 9.35. The average Bonchev–Trinajstić information content (AvgIpc) is 3.67. The number of likely N-dealkylation sites (N-methyl/N-ethyl adjacent to an activating group) is 1. The van der Waals surface area contributed by atoms with Gasteiger partial charge in [0.05, 0.1) is 22.9 Å². The SMILES string of the molecule is Cc1c(-c2cnn(-c3ccc(C(=O)N4CCC[C@@H](N(C)C5CC5)C4)cn3)c2O)ccc(C#N)c1F. The van der Waals surface area contributed by atoms with E-state index in [4.69, 9.17) is 5.26 Å². The van der Waals surface area contributed by atoms with Crippen molar-refractivity contribution < 1.29 is 14.3 Å². The van der Waals surface area contributed by atoms with E-state index in [1.54, 1.807) is 25.1 Å². The number of carbonyl (C=O) groups is 1. The minimum atomic E-state index is -0.624. The van der Waals surface area contributed by atoms with Gasteiger partial charge < -0.3 is 10.0 Å². The summed E-state index contributed by atoms with van der Waals surface area (Å²) in [7, 11) is 2.16. The largest absolute Gasteiger partial charge is 0.493 e. The van der Waals surface area contributed by atoms with Gasteiger partial charge in [0.1, 0.15) is 11.9 Å². The Bertz CT molecular complexity index is 1310. The third kappa shape index (κ3) is 4.26. The lowest BCUT2D eigenvalue weighted by molar-refractivity contribution is 0.0600. The molecule has 0 spiro atoms. The van der Waals surface area contributed by atoms with Crippen LogP contribution in [-0.2, 0) is 0 Å². The highest BCUT2D eigenvalue weighted by atomic mass is 19.1. The highest BCUT2D eigenvalue weighted by molar-refractivity contribution is 5.94. The molecule has 2 aliphatic rings. The molecule has 1 amide bonds. The summed E-state index contributed by atoms with van der Waals surface area (Å²) < 4.78 is 15.6. The van der Waals surface area contributed by atoms with Crippen LogP contribution in [0.5, 0.6) is 5.88 Å². The zero-order chi connectivity index (χ0) is 24.7. The number of pyridine rings is 1. The van der Waals surface area contributed by atoms with Crippen LogP contribution in [0, 0.1) is 24.1 Å². The summed E-state index contributed by atoms with van der Waals surface area (Å²) in [6.07, 6.45) is 7.51. The van der Waals surface area contributed by atoms with E-state index in [1.807, 2.05) is 11.0 Å². The number of hydrogen-bond acceptors (Lipinski definition) is 6. The average molecular weight is 475 g/mol. The molecular formula is C26H27FN6O2. The molecule has 1 saturated heterocycles. The van der Waals surface area contributed by atoms with E-state index < -0.39 is 5.82 Å². The second-order valence-corrected chi connectivity index (χ2v) is 9.35. The molecule has 1 aliphatic carbocycles. The maximum absolute atomic E-state index is 14.4. The fourth-order valence-electron chi connectivity index (χ4n) is 4.83. The van der Waals surface area contributed by atoms with Gasteiger partial charge in [0.15, 0.2) is 5.82 Å². The fraction of sp³-hybridized carbons (Fsp3) is 0.385. The van der Waals surface area contributed by atoms with Crippen molar-refractivity contribution >= 4 is 5.91 Å². The first kappa shape index (κ1) is 23.0. The van der Waals surface area contributed by atoms with Crippen molar-refractivity contribution in [2.75, 3.05) is 20.1 Å². The maximum Gasteiger partial charge on any atom is 0.255 e. The predicted molar refractivity (Wildman–Crippen MR) is 128 cm³/mol. The van der Waals surface area contributed by atoms with E-state index in [9.17, 15) is 14.3 Å². The van der Waals surface area contributed by atoms with Crippen LogP contribution in [0.15, 0.2) is 36.7 Å². The molecule has 9 heteroatoms. The molecule has 0 unspecified atom stereocenters. The second kappa shape index (κ2) is 9.12. The summed E-state index contributed by atoms with van der Waals surface area (Å²) in [4.78, 5) is 21.8. The number of benzene rings is 1. The number of nitriles is 1. The number of hydrogen-bond donors (Lipinski definition) is 1. The molecule has 5 rings (SSSR count). The summed E-state index contributed by atoms with van der Waals surface area (Å²) in [6, 6.07) is 9.14. The van der Waals surface area contributed by atoms with Gasteiger partial charge in [-0.1, -0.05) is 6.07 Å². The number of rotatable bonds is 5. The van der Waals surface area contributed by atoms with E-state index in [1.165, 1.54) is 36.0 Å². The normalized spacial score (nSPS) is 18.0. The van der Waals surface area contributed by atoms with Crippen molar-refractivity contribution in [3.05, 3.63) is 59.2 Å². The van der Waals surface area contributed by atoms with Gasteiger partial charge in [0.2, 0.25) is 5.88 Å². The number of likely N-dealkylation sites (tertiary alicyclic amines) is 1. The number of nitrogens with zero attached hydrogens (tertiary/aromatic N) is 6. The van der Waals surface area contributed by atoms with Gasteiger partial charge in [0.25, 0.3) is 5.91 Å². The molecule has 1 atom stereocenters. The summed E-state index contributed by atoms with van der Waals surface area (Å²) in [5.41, 5.74) is 1.44. The lowest BCUT2D eigenvalue weighted by Crippen LogP contribution is -2.49. The monoisotopic (exact) mass is 474 g/mol. The van der Waals surface area contributed by atoms with Crippen molar-refractivity contribution in [1.82, 2.24) is 24.6 Å². The quantitative estimate of drug-likeness (QED) is 0.606. The van der Waals surface area contributed by atoms with Gasteiger partial charge >= 0.3 is 0 Å². The molecule has 35 heavy (non-hydrogen) atoms. The van der Waals surface area contributed by atoms with E-state index in [0.717, 1.165) is 25.9 Å². The van der Waals surface area contributed by atoms with Crippen molar-refractivity contribution in [1.29, 1.82) is 5.26 Å². The molecule has 1 aliphatic heterocycles. The topological polar surface area (TPSA) is 98.3 Å². The third-order valence-electron chi connectivity index (χ3n) is 7.14. The van der Waals surface area contributed by atoms with E-state index in [-0.39, 0.29) is 22.9 Å². The summed E-state index contributed by atoms with van der Waals surface area (Å²) in [6.45, 7) is 3.01. The third-order valence-corrected chi connectivity index (χ3v) is 7.14. The molecule has 8 nitrogen and oxygen atoms in total. The Kier molecular flexibility index (Phi) is 5.99. The van der Waals surface area contributed by atoms with Crippen LogP contribution in [0.2, 0.25) is 0 Å². The van der Waals surface area contributed by atoms with Gasteiger partial charge in [0, 0.05) is 31.4 Å². The molecule has 1 N–H and O–H groups in total. The molecule has 1 aromatic carbocycles. The first-order valence-electron chi connectivity index (χ1n) is 11.8. The van der Waals surface area contributed by atoms with Crippen LogP contribution in [-0.4, -0.2) is 67.8 Å². The van der Waals surface area contributed by atoms with E-state index >= 15 is 0 Å². The van der Waals surface area contributed by atoms with Crippen LogP contribution >= 0.6 is 0 Å². The summed E-state index contributed by atoms with van der Waals surface area (Å²) in [5, 5.41) is 24.0. The Morgan fingerprint density at radius 2 is 1.97 bits per heavy atom. The summed E-state index contributed by atoms with van der Waals surface area (Å²) in [5.74, 6) is -0.541. The molecule has 2 aromatic heterocycles. The van der Waals surface area contributed by atoms with Gasteiger partial charge in [-0.05, 0) is 69.0 Å². The Hall–Kier alpha value is -3.77. The molecule has 3 aromatic rings. The van der Waals surface area contributed by atoms with Gasteiger partial charge in [-0.2, -0.15) is 15.0 Å².